The standard InChI is InChI=1S/C14H21NO2.C5H4F3N3/c1-10(2)13-14(17)12(16)8-9-15(13)11-6-4-3-5-7-11;6-5(7,8)3-1-10-2-4(9)11-3/h3-7,10,12-14,16-17H,8-9H2,1-2H3;1-2H,(H2,9,11). The van der Waals surface area contributed by atoms with Gasteiger partial charge in [0.1, 0.15) is 11.9 Å². The third-order valence-electron chi connectivity index (χ3n) is 4.48. The summed E-state index contributed by atoms with van der Waals surface area (Å²) in [4.78, 5) is 8.49. The molecule has 2 aromatic rings. The summed E-state index contributed by atoms with van der Waals surface area (Å²) >= 11 is 0. The number of aliphatic hydroxyl groups is 2. The number of hydrogen-bond acceptors (Lipinski definition) is 6. The highest BCUT2D eigenvalue weighted by Crippen LogP contribution is 2.29. The van der Waals surface area contributed by atoms with Crippen molar-refractivity contribution in [3.8, 4) is 0 Å². The zero-order chi connectivity index (χ0) is 20.9. The Kier molecular flexibility index (Phi) is 7.20. The van der Waals surface area contributed by atoms with E-state index in [4.69, 9.17) is 5.73 Å². The quantitative estimate of drug-likeness (QED) is 0.720. The maximum absolute atomic E-state index is 11.8. The summed E-state index contributed by atoms with van der Waals surface area (Å²) in [5.74, 6) is 0.0694. The van der Waals surface area contributed by atoms with Crippen LogP contribution < -0.4 is 10.6 Å². The molecule has 0 saturated carbocycles. The summed E-state index contributed by atoms with van der Waals surface area (Å²) in [5, 5.41) is 19.9. The highest BCUT2D eigenvalue weighted by Gasteiger charge is 2.37. The highest BCUT2D eigenvalue weighted by atomic mass is 19.4. The first kappa shape index (κ1) is 21.9. The molecule has 0 aliphatic carbocycles. The van der Waals surface area contributed by atoms with Crippen molar-refractivity contribution in [2.75, 3.05) is 17.2 Å². The summed E-state index contributed by atoms with van der Waals surface area (Å²) in [7, 11) is 0. The lowest BCUT2D eigenvalue weighted by molar-refractivity contribution is -0.141. The summed E-state index contributed by atoms with van der Waals surface area (Å²) < 4.78 is 35.4. The first-order valence-corrected chi connectivity index (χ1v) is 8.93. The van der Waals surface area contributed by atoms with Gasteiger partial charge in [0.15, 0.2) is 5.69 Å². The Morgan fingerprint density at radius 3 is 2.29 bits per heavy atom. The van der Waals surface area contributed by atoms with E-state index in [2.05, 4.69) is 40.8 Å². The van der Waals surface area contributed by atoms with Gasteiger partial charge in [-0.25, -0.2) is 4.98 Å². The number of piperidine rings is 1. The number of para-hydroxylation sites is 1. The maximum Gasteiger partial charge on any atom is 0.434 e. The molecule has 3 atom stereocenters. The van der Waals surface area contributed by atoms with Gasteiger partial charge in [-0.2, -0.15) is 13.2 Å². The molecule has 6 nitrogen and oxygen atoms in total. The van der Waals surface area contributed by atoms with Crippen molar-refractivity contribution in [2.24, 2.45) is 5.92 Å². The lowest BCUT2D eigenvalue weighted by Gasteiger charge is -2.45. The van der Waals surface area contributed by atoms with Gasteiger partial charge in [-0.1, -0.05) is 32.0 Å². The molecule has 154 valence electrons. The number of hydrogen-bond donors (Lipinski definition) is 3. The predicted octanol–water partition coefficient (Wildman–Crippen LogP) is 2.72. The fourth-order valence-electron chi connectivity index (χ4n) is 3.20. The smallest absolute Gasteiger partial charge is 0.390 e. The van der Waals surface area contributed by atoms with Crippen molar-refractivity contribution in [2.45, 2.75) is 44.7 Å². The van der Waals surface area contributed by atoms with Gasteiger partial charge < -0.3 is 20.8 Å². The minimum atomic E-state index is -4.47. The number of anilines is 2. The molecule has 4 N–H and O–H groups in total. The molecule has 0 amide bonds. The molecular weight excluding hydrogens is 373 g/mol. The Morgan fingerprint density at radius 1 is 1.14 bits per heavy atom. The van der Waals surface area contributed by atoms with Crippen molar-refractivity contribution in [1.29, 1.82) is 0 Å². The van der Waals surface area contributed by atoms with Gasteiger partial charge in [-0.05, 0) is 24.5 Å². The second-order valence-electron chi connectivity index (χ2n) is 6.94. The van der Waals surface area contributed by atoms with E-state index < -0.39 is 24.1 Å². The van der Waals surface area contributed by atoms with E-state index in [1.165, 1.54) is 0 Å². The number of rotatable bonds is 2. The van der Waals surface area contributed by atoms with Crippen LogP contribution in [0.15, 0.2) is 42.7 Å². The van der Waals surface area contributed by atoms with E-state index >= 15 is 0 Å². The average molecular weight is 398 g/mol. The number of aliphatic hydroxyl groups excluding tert-OH is 2. The summed E-state index contributed by atoms with van der Waals surface area (Å²) in [6.07, 6.45) is -3.43. The van der Waals surface area contributed by atoms with E-state index in [1.54, 1.807) is 0 Å². The Balaban J connectivity index is 0.000000221. The van der Waals surface area contributed by atoms with E-state index in [0.717, 1.165) is 18.4 Å². The molecule has 28 heavy (non-hydrogen) atoms. The fraction of sp³-hybridized carbons (Fsp3) is 0.474. The van der Waals surface area contributed by atoms with Crippen molar-refractivity contribution in [3.05, 3.63) is 48.4 Å². The summed E-state index contributed by atoms with van der Waals surface area (Å²) in [6.45, 7) is 4.97. The molecule has 1 aromatic carbocycles. The number of benzene rings is 1. The van der Waals surface area contributed by atoms with E-state index in [0.29, 0.717) is 18.5 Å². The second-order valence-corrected chi connectivity index (χ2v) is 6.94. The monoisotopic (exact) mass is 398 g/mol. The lowest BCUT2D eigenvalue weighted by Crippen LogP contribution is -2.57. The lowest BCUT2D eigenvalue weighted by atomic mass is 9.88. The average Bonchev–Trinajstić information content (AvgIpc) is 2.64. The van der Waals surface area contributed by atoms with Gasteiger partial charge in [-0.15, -0.1) is 0 Å². The molecule has 2 heterocycles. The van der Waals surface area contributed by atoms with E-state index in [-0.39, 0.29) is 11.9 Å². The summed E-state index contributed by atoms with van der Waals surface area (Å²) in [6, 6.07) is 10.1. The van der Waals surface area contributed by atoms with Crippen LogP contribution in [-0.4, -0.2) is 45.0 Å². The Labute approximate surface area is 161 Å². The first-order chi connectivity index (χ1) is 13.1. The minimum Gasteiger partial charge on any atom is -0.390 e. The minimum absolute atomic E-state index is 0.0128. The van der Waals surface area contributed by atoms with Crippen molar-refractivity contribution < 1.29 is 23.4 Å². The molecule has 0 spiro atoms. The molecule has 1 saturated heterocycles. The molecule has 1 fully saturated rings. The number of nitrogen functional groups attached to an aromatic ring is 1. The number of alkyl halides is 3. The van der Waals surface area contributed by atoms with Crippen LogP contribution in [-0.2, 0) is 6.18 Å². The van der Waals surface area contributed by atoms with Gasteiger partial charge in [0.25, 0.3) is 0 Å². The number of halogens is 3. The third-order valence-corrected chi connectivity index (χ3v) is 4.48. The van der Waals surface area contributed by atoms with Crippen LogP contribution in [0.4, 0.5) is 24.7 Å². The van der Waals surface area contributed by atoms with Gasteiger partial charge >= 0.3 is 6.18 Å². The predicted molar refractivity (Wildman–Crippen MR) is 100 cm³/mol. The third kappa shape index (κ3) is 5.56. The Hall–Kier alpha value is -2.39. The fourth-order valence-corrected chi connectivity index (χ4v) is 3.20. The van der Waals surface area contributed by atoms with Crippen LogP contribution in [0.1, 0.15) is 26.0 Å². The largest absolute Gasteiger partial charge is 0.434 e. The maximum atomic E-state index is 11.8. The molecule has 1 aliphatic rings. The topological polar surface area (TPSA) is 95.5 Å². The van der Waals surface area contributed by atoms with E-state index in [9.17, 15) is 23.4 Å². The van der Waals surface area contributed by atoms with Crippen molar-refractivity contribution in [1.82, 2.24) is 9.97 Å². The normalized spacial score (nSPS) is 22.6. The van der Waals surface area contributed by atoms with Gasteiger partial charge in [-0.3, -0.25) is 4.98 Å². The van der Waals surface area contributed by atoms with E-state index in [1.807, 2.05) is 18.2 Å². The summed E-state index contributed by atoms with van der Waals surface area (Å²) in [5.41, 5.74) is 5.03. The number of nitrogens with two attached hydrogens (primary N) is 1. The van der Waals surface area contributed by atoms with Crippen LogP contribution >= 0.6 is 0 Å². The molecule has 0 bridgehead atoms. The highest BCUT2D eigenvalue weighted by molar-refractivity contribution is 5.48. The second kappa shape index (κ2) is 9.20. The molecule has 9 heteroatoms. The van der Waals surface area contributed by atoms with Crippen molar-refractivity contribution in [3.63, 3.8) is 0 Å². The van der Waals surface area contributed by atoms with Crippen molar-refractivity contribution >= 4 is 11.5 Å². The molecule has 0 radical (unpaired) electrons. The van der Waals surface area contributed by atoms with Crippen LogP contribution in [0, 0.1) is 5.92 Å². The Bertz CT molecular complexity index is 743. The molecule has 3 rings (SSSR count). The van der Waals surface area contributed by atoms with Gasteiger partial charge in [0, 0.05) is 12.2 Å². The molecular formula is C19H25F3N4O2. The van der Waals surface area contributed by atoms with Gasteiger partial charge in [0.05, 0.1) is 24.5 Å². The van der Waals surface area contributed by atoms with Gasteiger partial charge in [0.2, 0.25) is 0 Å². The zero-order valence-corrected chi connectivity index (χ0v) is 15.7. The number of aromatic nitrogens is 2. The van der Waals surface area contributed by atoms with Crippen LogP contribution in [0.25, 0.3) is 0 Å². The Morgan fingerprint density at radius 2 is 1.79 bits per heavy atom. The van der Waals surface area contributed by atoms with Crippen LogP contribution in [0.3, 0.4) is 0 Å². The van der Waals surface area contributed by atoms with Crippen LogP contribution in [0.2, 0.25) is 0 Å². The molecule has 1 aromatic heterocycles. The molecule has 1 aliphatic heterocycles. The first-order valence-electron chi connectivity index (χ1n) is 8.93. The molecule has 3 unspecified atom stereocenters. The number of nitrogens with zero attached hydrogens (tertiary/aromatic N) is 3. The van der Waals surface area contributed by atoms with Crippen LogP contribution in [0.5, 0.6) is 0 Å². The SMILES string of the molecule is CC(C)C1C(O)C(O)CCN1c1ccccc1.Nc1cncc(C(F)(F)F)n1. The zero-order valence-electron chi connectivity index (χ0n) is 15.7.